The molecule has 0 aliphatic carbocycles. The second-order valence-electron chi connectivity index (χ2n) is 12.6. The zero-order valence-corrected chi connectivity index (χ0v) is 27.4. The van der Waals surface area contributed by atoms with Crippen LogP contribution in [0.4, 0.5) is 17.1 Å². The predicted molar refractivity (Wildman–Crippen MR) is 211 cm³/mol. The Balaban J connectivity index is 1.35. The van der Waals surface area contributed by atoms with E-state index in [-0.39, 0.29) is 0 Å². The molecule has 0 aliphatic rings. The summed E-state index contributed by atoms with van der Waals surface area (Å²) in [5, 5.41) is 7.51. The molecule has 0 unspecified atom stereocenters. The first-order valence-corrected chi connectivity index (χ1v) is 17.5. The summed E-state index contributed by atoms with van der Waals surface area (Å²) in [6, 6.07) is 66.2. The molecule has 2 heterocycles. The van der Waals surface area contributed by atoms with Gasteiger partial charge in [-0.25, -0.2) is 0 Å². The molecule has 0 radical (unpaired) electrons. The minimum atomic E-state index is 1.13. The van der Waals surface area contributed by atoms with E-state index in [1.807, 2.05) is 11.3 Å². The molecule has 0 N–H and O–H groups in total. The first-order chi connectivity index (χ1) is 24.3. The Morgan fingerprint density at radius 2 is 1.08 bits per heavy atom. The molecule has 0 atom stereocenters. The number of benzene rings is 8. The first-order valence-electron chi connectivity index (χ1n) is 16.7. The first kappa shape index (κ1) is 27.9. The molecule has 10 rings (SSSR count). The normalized spacial score (nSPS) is 11.7. The molecule has 2 aromatic heterocycles. The zero-order chi connectivity index (χ0) is 32.3. The molecular formula is C46H30N2S. The van der Waals surface area contributed by atoms with Gasteiger partial charge in [-0.15, -0.1) is 11.3 Å². The van der Waals surface area contributed by atoms with Crippen molar-refractivity contribution in [3.8, 4) is 16.8 Å². The van der Waals surface area contributed by atoms with E-state index in [1.165, 1.54) is 63.9 Å². The van der Waals surface area contributed by atoms with E-state index >= 15 is 0 Å². The summed E-state index contributed by atoms with van der Waals surface area (Å²) in [4.78, 5) is 2.46. The standard InChI is InChI=1S/C46H30N2S/c1-4-14-31(15-5-1)32-24-26-40-41(28-32)48(35-19-8-3-9-20-35)46-37-21-11-10-16-33(37)29-42(45(40)46)47(34-17-6-2-7-18-34)36-25-27-39-38-22-12-13-23-43(38)49-44(39)30-36/h1-30H. The van der Waals surface area contributed by atoms with Gasteiger partial charge in [-0.05, 0) is 71.1 Å². The van der Waals surface area contributed by atoms with Crippen molar-refractivity contribution >= 4 is 81.1 Å². The van der Waals surface area contributed by atoms with E-state index in [2.05, 4.69) is 191 Å². The second kappa shape index (κ2) is 11.2. The summed E-state index contributed by atoms with van der Waals surface area (Å²) in [6.45, 7) is 0. The van der Waals surface area contributed by atoms with Crippen LogP contribution in [0.5, 0.6) is 0 Å². The lowest BCUT2D eigenvalue weighted by Crippen LogP contribution is -2.10. The van der Waals surface area contributed by atoms with E-state index in [1.54, 1.807) is 0 Å². The monoisotopic (exact) mass is 642 g/mol. The van der Waals surface area contributed by atoms with Crippen molar-refractivity contribution in [1.82, 2.24) is 4.57 Å². The molecule has 230 valence electrons. The van der Waals surface area contributed by atoms with Gasteiger partial charge in [-0.3, -0.25) is 0 Å². The molecular weight excluding hydrogens is 613 g/mol. The number of anilines is 3. The van der Waals surface area contributed by atoms with Gasteiger partial charge in [-0.2, -0.15) is 0 Å². The van der Waals surface area contributed by atoms with Crippen molar-refractivity contribution in [2.45, 2.75) is 0 Å². The number of rotatable bonds is 5. The molecule has 49 heavy (non-hydrogen) atoms. The Labute approximate surface area is 288 Å². The van der Waals surface area contributed by atoms with Crippen LogP contribution in [0.25, 0.3) is 69.6 Å². The van der Waals surface area contributed by atoms with Crippen molar-refractivity contribution in [2.75, 3.05) is 4.90 Å². The summed E-state index contributed by atoms with van der Waals surface area (Å²) >= 11 is 1.86. The van der Waals surface area contributed by atoms with Gasteiger partial charge in [0.25, 0.3) is 0 Å². The van der Waals surface area contributed by atoms with Crippen molar-refractivity contribution in [3.63, 3.8) is 0 Å². The van der Waals surface area contributed by atoms with Crippen LogP contribution >= 0.6 is 11.3 Å². The average Bonchev–Trinajstić information content (AvgIpc) is 3.72. The maximum absolute atomic E-state index is 2.47. The highest BCUT2D eigenvalue weighted by Gasteiger charge is 2.24. The van der Waals surface area contributed by atoms with E-state index < -0.39 is 0 Å². The maximum atomic E-state index is 2.47. The maximum Gasteiger partial charge on any atom is 0.0640 e. The van der Waals surface area contributed by atoms with Gasteiger partial charge in [0.15, 0.2) is 0 Å². The van der Waals surface area contributed by atoms with Crippen molar-refractivity contribution in [3.05, 3.63) is 182 Å². The third-order valence-electron chi connectivity index (χ3n) is 9.73. The van der Waals surface area contributed by atoms with Gasteiger partial charge < -0.3 is 9.47 Å². The van der Waals surface area contributed by atoms with E-state index in [0.29, 0.717) is 0 Å². The molecule has 2 nitrogen and oxygen atoms in total. The molecule has 0 bridgehead atoms. The highest BCUT2D eigenvalue weighted by molar-refractivity contribution is 7.25. The largest absolute Gasteiger partial charge is 0.310 e. The zero-order valence-electron chi connectivity index (χ0n) is 26.6. The van der Waals surface area contributed by atoms with Gasteiger partial charge in [0, 0.05) is 53.4 Å². The number of aromatic nitrogens is 1. The van der Waals surface area contributed by atoms with E-state index in [4.69, 9.17) is 0 Å². The van der Waals surface area contributed by atoms with Crippen LogP contribution in [0.15, 0.2) is 182 Å². The summed E-state index contributed by atoms with van der Waals surface area (Å²) in [5.74, 6) is 0. The Bertz CT molecular complexity index is 2810. The van der Waals surface area contributed by atoms with Crippen molar-refractivity contribution < 1.29 is 0 Å². The molecule has 0 spiro atoms. The lowest BCUT2D eigenvalue weighted by molar-refractivity contribution is 1.19. The minimum Gasteiger partial charge on any atom is -0.310 e. The summed E-state index contributed by atoms with van der Waals surface area (Å²) in [7, 11) is 0. The van der Waals surface area contributed by atoms with Gasteiger partial charge in [0.2, 0.25) is 0 Å². The number of hydrogen-bond acceptors (Lipinski definition) is 2. The smallest absolute Gasteiger partial charge is 0.0640 e. The topological polar surface area (TPSA) is 8.17 Å². The fourth-order valence-corrected chi connectivity index (χ4v) is 8.69. The minimum absolute atomic E-state index is 1.13. The lowest BCUT2D eigenvalue weighted by atomic mass is 10.00. The van der Waals surface area contributed by atoms with E-state index in [0.717, 1.165) is 22.7 Å². The van der Waals surface area contributed by atoms with Gasteiger partial charge in [0.1, 0.15) is 0 Å². The van der Waals surface area contributed by atoms with Crippen molar-refractivity contribution in [1.29, 1.82) is 0 Å². The predicted octanol–water partition coefficient (Wildman–Crippen LogP) is 13.4. The molecule has 0 saturated carbocycles. The van der Waals surface area contributed by atoms with Crippen LogP contribution in [0, 0.1) is 0 Å². The Kier molecular flexibility index (Phi) is 6.39. The van der Waals surface area contributed by atoms with Crippen LogP contribution in [-0.2, 0) is 0 Å². The molecule has 10 aromatic rings. The van der Waals surface area contributed by atoms with Gasteiger partial charge >= 0.3 is 0 Å². The number of hydrogen-bond donors (Lipinski definition) is 0. The van der Waals surface area contributed by atoms with Crippen LogP contribution in [0.3, 0.4) is 0 Å². The quantitative estimate of drug-likeness (QED) is 0.181. The number of fused-ring (bicyclic) bond motifs is 8. The molecule has 0 saturated heterocycles. The lowest BCUT2D eigenvalue weighted by Gasteiger charge is -2.27. The highest BCUT2D eigenvalue weighted by atomic mass is 32.1. The fourth-order valence-electron chi connectivity index (χ4n) is 7.55. The number of nitrogens with zero attached hydrogens (tertiary/aromatic N) is 2. The van der Waals surface area contributed by atoms with Gasteiger partial charge in [-0.1, -0.05) is 127 Å². The van der Waals surface area contributed by atoms with Gasteiger partial charge in [0.05, 0.1) is 16.7 Å². The second-order valence-corrected chi connectivity index (χ2v) is 13.6. The highest BCUT2D eigenvalue weighted by Crippen LogP contribution is 2.48. The van der Waals surface area contributed by atoms with E-state index in [9.17, 15) is 0 Å². The average molecular weight is 643 g/mol. The Hall–Kier alpha value is -6.16. The molecule has 3 heteroatoms. The SMILES string of the molecule is c1ccc(-c2ccc3c4c(N(c5ccccc5)c5ccc6c(c5)sc5ccccc56)cc5ccccc5c4n(-c4ccccc4)c3c2)cc1. The summed E-state index contributed by atoms with van der Waals surface area (Å²) in [6.07, 6.45) is 0. The molecule has 0 amide bonds. The number of thiophene rings is 1. The third kappa shape index (κ3) is 4.47. The van der Waals surface area contributed by atoms with Crippen LogP contribution in [0.1, 0.15) is 0 Å². The van der Waals surface area contributed by atoms with Crippen molar-refractivity contribution in [2.24, 2.45) is 0 Å². The summed E-state index contributed by atoms with van der Waals surface area (Å²) < 4.78 is 5.08. The van der Waals surface area contributed by atoms with Crippen LogP contribution < -0.4 is 4.90 Å². The molecule has 8 aromatic carbocycles. The Morgan fingerprint density at radius 1 is 0.429 bits per heavy atom. The third-order valence-corrected chi connectivity index (χ3v) is 10.9. The molecule has 0 aliphatic heterocycles. The Morgan fingerprint density at radius 3 is 1.90 bits per heavy atom. The molecule has 0 fully saturated rings. The van der Waals surface area contributed by atoms with Crippen LogP contribution in [-0.4, -0.2) is 4.57 Å². The summed E-state index contributed by atoms with van der Waals surface area (Å²) in [5.41, 5.74) is 9.39. The van der Waals surface area contributed by atoms with Crippen LogP contribution in [0.2, 0.25) is 0 Å². The fraction of sp³-hybridized carbons (Fsp3) is 0. The number of para-hydroxylation sites is 2.